The first-order valence-corrected chi connectivity index (χ1v) is 7.73. The molecule has 1 aliphatic rings. The van der Waals surface area contributed by atoms with Gasteiger partial charge in [-0.2, -0.15) is 5.10 Å². The van der Waals surface area contributed by atoms with E-state index in [2.05, 4.69) is 48.0 Å². The van der Waals surface area contributed by atoms with Gasteiger partial charge in [0.1, 0.15) is 0 Å². The Morgan fingerprint density at radius 1 is 1.32 bits per heavy atom. The molecule has 3 heteroatoms. The van der Waals surface area contributed by atoms with Crippen LogP contribution in [-0.2, 0) is 6.54 Å². The molecule has 106 valence electrons. The monoisotopic (exact) mass is 261 g/mol. The molecule has 0 saturated carbocycles. The van der Waals surface area contributed by atoms with Crippen LogP contribution in [0.5, 0.6) is 0 Å². The predicted molar refractivity (Wildman–Crippen MR) is 80.2 cm³/mol. The van der Waals surface area contributed by atoms with Crippen molar-refractivity contribution in [2.24, 2.45) is 0 Å². The minimum Gasteiger partial charge on any atom is -0.306 e. The standard InChI is InChI=1S/C16H27N3/c1-4-17-16(14-10-8-6-7-9-11-14)15-12-13(3)18-19(15)5-2/h10,12,16-17H,4-9,11H2,1-3H3. The topological polar surface area (TPSA) is 29.9 Å². The summed E-state index contributed by atoms with van der Waals surface area (Å²) in [6.45, 7) is 8.37. The molecular formula is C16H27N3. The molecule has 1 heterocycles. The number of allylic oxidation sites excluding steroid dienone is 1. The first-order chi connectivity index (χ1) is 9.26. The van der Waals surface area contributed by atoms with E-state index < -0.39 is 0 Å². The van der Waals surface area contributed by atoms with E-state index in [1.165, 1.54) is 37.8 Å². The molecule has 0 aliphatic heterocycles. The zero-order valence-corrected chi connectivity index (χ0v) is 12.6. The lowest BCUT2D eigenvalue weighted by Gasteiger charge is -2.22. The van der Waals surface area contributed by atoms with Gasteiger partial charge < -0.3 is 5.32 Å². The summed E-state index contributed by atoms with van der Waals surface area (Å²) in [5, 5.41) is 8.26. The van der Waals surface area contributed by atoms with Crippen LogP contribution in [0.15, 0.2) is 17.7 Å². The minimum atomic E-state index is 0.351. The van der Waals surface area contributed by atoms with Crippen LogP contribution < -0.4 is 5.32 Å². The van der Waals surface area contributed by atoms with Crippen LogP contribution >= 0.6 is 0 Å². The molecule has 0 aromatic carbocycles. The van der Waals surface area contributed by atoms with Gasteiger partial charge in [-0.15, -0.1) is 0 Å². The lowest BCUT2D eigenvalue weighted by atomic mass is 9.98. The Morgan fingerprint density at radius 2 is 2.16 bits per heavy atom. The fourth-order valence-electron chi connectivity index (χ4n) is 2.98. The lowest BCUT2D eigenvalue weighted by molar-refractivity contribution is 0.522. The molecule has 3 nitrogen and oxygen atoms in total. The Kier molecular flexibility index (Phi) is 5.20. The van der Waals surface area contributed by atoms with Gasteiger partial charge in [-0.1, -0.05) is 25.0 Å². The quantitative estimate of drug-likeness (QED) is 0.818. The molecular weight excluding hydrogens is 234 g/mol. The van der Waals surface area contributed by atoms with E-state index >= 15 is 0 Å². The highest BCUT2D eigenvalue weighted by Gasteiger charge is 2.20. The van der Waals surface area contributed by atoms with Crippen molar-refractivity contribution in [1.29, 1.82) is 0 Å². The van der Waals surface area contributed by atoms with Crippen LogP contribution in [-0.4, -0.2) is 16.3 Å². The number of aromatic nitrogens is 2. The summed E-state index contributed by atoms with van der Waals surface area (Å²) >= 11 is 0. The molecule has 1 aromatic rings. The first kappa shape index (κ1) is 14.3. The first-order valence-electron chi connectivity index (χ1n) is 7.73. The SMILES string of the molecule is CCNC(C1=CCCCCC1)c1cc(C)nn1CC. The Hall–Kier alpha value is -1.09. The van der Waals surface area contributed by atoms with E-state index in [1.54, 1.807) is 5.57 Å². The molecule has 1 N–H and O–H groups in total. The number of rotatable bonds is 5. The zero-order valence-electron chi connectivity index (χ0n) is 12.6. The molecule has 0 spiro atoms. The maximum absolute atomic E-state index is 4.60. The van der Waals surface area contributed by atoms with Gasteiger partial charge in [-0.05, 0) is 52.1 Å². The van der Waals surface area contributed by atoms with E-state index in [0.717, 1.165) is 18.8 Å². The van der Waals surface area contributed by atoms with Crippen molar-refractivity contribution >= 4 is 0 Å². The maximum Gasteiger partial charge on any atom is 0.0707 e. The highest BCUT2D eigenvalue weighted by Crippen LogP contribution is 2.29. The molecule has 19 heavy (non-hydrogen) atoms. The summed E-state index contributed by atoms with van der Waals surface area (Å²) < 4.78 is 2.15. The highest BCUT2D eigenvalue weighted by atomic mass is 15.3. The molecule has 1 aliphatic carbocycles. The molecule has 1 atom stereocenters. The third kappa shape index (κ3) is 3.47. The van der Waals surface area contributed by atoms with Crippen molar-refractivity contribution in [2.45, 2.75) is 65.5 Å². The number of likely N-dealkylation sites (N-methyl/N-ethyl adjacent to an activating group) is 1. The van der Waals surface area contributed by atoms with Gasteiger partial charge in [0.15, 0.2) is 0 Å². The minimum absolute atomic E-state index is 0.351. The van der Waals surface area contributed by atoms with E-state index in [4.69, 9.17) is 0 Å². The van der Waals surface area contributed by atoms with Crippen LogP contribution in [0.1, 0.15) is 63.4 Å². The fourth-order valence-corrected chi connectivity index (χ4v) is 2.98. The Balaban J connectivity index is 2.30. The van der Waals surface area contributed by atoms with Crippen LogP contribution in [0.2, 0.25) is 0 Å². The van der Waals surface area contributed by atoms with E-state index in [1.807, 2.05) is 0 Å². The molecule has 0 fully saturated rings. The number of nitrogens with zero attached hydrogens (tertiary/aromatic N) is 2. The van der Waals surface area contributed by atoms with Crippen LogP contribution in [0.25, 0.3) is 0 Å². The summed E-state index contributed by atoms with van der Waals surface area (Å²) in [6, 6.07) is 2.59. The van der Waals surface area contributed by atoms with Crippen LogP contribution in [0.3, 0.4) is 0 Å². The fraction of sp³-hybridized carbons (Fsp3) is 0.688. The largest absolute Gasteiger partial charge is 0.306 e. The summed E-state index contributed by atoms with van der Waals surface area (Å²) in [7, 11) is 0. The van der Waals surface area contributed by atoms with Gasteiger partial charge in [0.05, 0.1) is 17.4 Å². The summed E-state index contributed by atoms with van der Waals surface area (Å²) in [4.78, 5) is 0. The zero-order chi connectivity index (χ0) is 13.7. The number of hydrogen-bond acceptors (Lipinski definition) is 2. The maximum atomic E-state index is 4.60. The van der Waals surface area contributed by atoms with E-state index in [9.17, 15) is 0 Å². The summed E-state index contributed by atoms with van der Waals surface area (Å²) in [5.41, 5.74) is 4.01. The molecule has 1 aromatic heterocycles. The second kappa shape index (κ2) is 6.90. The lowest BCUT2D eigenvalue weighted by Crippen LogP contribution is -2.25. The van der Waals surface area contributed by atoms with Crippen LogP contribution in [0.4, 0.5) is 0 Å². The van der Waals surface area contributed by atoms with Crippen molar-refractivity contribution in [3.8, 4) is 0 Å². The van der Waals surface area contributed by atoms with Gasteiger partial charge in [-0.3, -0.25) is 4.68 Å². The third-order valence-corrected chi connectivity index (χ3v) is 3.88. The van der Waals surface area contributed by atoms with Crippen LogP contribution in [0, 0.1) is 6.92 Å². The number of aryl methyl sites for hydroxylation is 2. The van der Waals surface area contributed by atoms with E-state index in [-0.39, 0.29) is 0 Å². The molecule has 1 unspecified atom stereocenters. The Labute approximate surface area is 117 Å². The molecule has 2 rings (SSSR count). The average Bonchev–Trinajstić information content (AvgIpc) is 2.63. The second-order valence-corrected chi connectivity index (χ2v) is 5.40. The van der Waals surface area contributed by atoms with Crippen molar-refractivity contribution < 1.29 is 0 Å². The van der Waals surface area contributed by atoms with Crippen molar-refractivity contribution in [3.63, 3.8) is 0 Å². The summed E-state index contributed by atoms with van der Waals surface area (Å²) in [5.74, 6) is 0. The van der Waals surface area contributed by atoms with Gasteiger partial charge >= 0.3 is 0 Å². The Bertz CT molecular complexity index is 431. The summed E-state index contributed by atoms with van der Waals surface area (Å²) in [6.07, 6.45) is 8.96. The molecule has 0 saturated heterocycles. The predicted octanol–water partition coefficient (Wildman–Crippen LogP) is 3.75. The Morgan fingerprint density at radius 3 is 2.89 bits per heavy atom. The van der Waals surface area contributed by atoms with Crippen molar-refractivity contribution in [1.82, 2.24) is 15.1 Å². The molecule has 0 radical (unpaired) electrons. The van der Waals surface area contributed by atoms with E-state index in [0.29, 0.717) is 6.04 Å². The van der Waals surface area contributed by atoms with Gasteiger partial charge in [0.2, 0.25) is 0 Å². The third-order valence-electron chi connectivity index (χ3n) is 3.88. The van der Waals surface area contributed by atoms with Gasteiger partial charge in [0.25, 0.3) is 0 Å². The number of hydrogen-bond donors (Lipinski definition) is 1. The van der Waals surface area contributed by atoms with Gasteiger partial charge in [-0.25, -0.2) is 0 Å². The van der Waals surface area contributed by atoms with Crippen molar-refractivity contribution in [2.75, 3.05) is 6.54 Å². The second-order valence-electron chi connectivity index (χ2n) is 5.40. The molecule has 0 bridgehead atoms. The normalized spacial score (nSPS) is 17.9. The number of nitrogens with one attached hydrogen (secondary N) is 1. The highest BCUT2D eigenvalue weighted by molar-refractivity contribution is 5.25. The smallest absolute Gasteiger partial charge is 0.0707 e. The molecule has 0 amide bonds. The van der Waals surface area contributed by atoms with Gasteiger partial charge in [0, 0.05) is 6.54 Å². The average molecular weight is 261 g/mol. The van der Waals surface area contributed by atoms with Crippen molar-refractivity contribution in [3.05, 3.63) is 29.1 Å².